The first kappa shape index (κ1) is 21.3. The van der Waals surface area contributed by atoms with E-state index in [0.717, 1.165) is 51.6 Å². The normalized spacial score (nSPS) is 23.4. The van der Waals surface area contributed by atoms with E-state index in [9.17, 15) is 19.4 Å². The molecule has 0 bridgehead atoms. The Morgan fingerprint density at radius 2 is 1.97 bits per heavy atom. The number of nitrogens with one attached hydrogen (secondary N) is 1. The molecule has 176 valence electrons. The minimum absolute atomic E-state index is 0.0930. The van der Waals surface area contributed by atoms with Crippen LogP contribution in [0.3, 0.4) is 0 Å². The van der Waals surface area contributed by atoms with Crippen molar-refractivity contribution in [2.45, 2.75) is 50.0 Å². The van der Waals surface area contributed by atoms with Crippen molar-refractivity contribution in [1.82, 2.24) is 14.8 Å². The Morgan fingerprint density at radius 3 is 2.68 bits per heavy atom. The number of aliphatic carboxylic acids is 1. The molecule has 2 aliphatic rings. The summed E-state index contributed by atoms with van der Waals surface area (Å²) in [4.78, 5) is 11.6. The maximum absolute atomic E-state index is 14.2. The Labute approximate surface area is 195 Å². The van der Waals surface area contributed by atoms with Crippen molar-refractivity contribution >= 4 is 27.8 Å². The number of benzene rings is 2. The number of halogens is 1. The van der Waals surface area contributed by atoms with Gasteiger partial charge in [0.25, 0.3) is 0 Å². The number of ether oxygens (including phenoxy) is 1. The summed E-state index contributed by atoms with van der Waals surface area (Å²) in [6, 6.07) is 9.30. The van der Waals surface area contributed by atoms with Gasteiger partial charge in [0.1, 0.15) is 5.82 Å². The Kier molecular flexibility index (Phi) is 4.79. The number of H-pyrrole nitrogens is 1. The zero-order valence-corrected chi connectivity index (χ0v) is 18.8. The van der Waals surface area contributed by atoms with Gasteiger partial charge in [-0.05, 0) is 80.0 Å². The molecule has 0 spiro atoms. The number of aromatic amines is 1. The monoisotopic (exact) mass is 463 g/mol. The van der Waals surface area contributed by atoms with Gasteiger partial charge in [0.15, 0.2) is 5.60 Å². The minimum atomic E-state index is -1.70. The number of aromatic nitrogens is 3. The van der Waals surface area contributed by atoms with Crippen molar-refractivity contribution < 1.29 is 24.1 Å². The minimum Gasteiger partial charge on any atom is -0.479 e. The maximum Gasteiger partial charge on any atom is 0.335 e. The molecule has 6 rings (SSSR count). The van der Waals surface area contributed by atoms with E-state index in [4.69, 9.17) is 4.74 Å². The van der Waals surface area contributed by atoms with Crippen molar-refractivity contribution in [3.05, 3.63) is 59.2 Å². The first-order chi connectivity index (χ1) is 16.4. The molecule has 2 fully saturated rings. The lowest BCUT2D eigenvalue weighted by molar-refractivity contribution is -0.169. The molecule has 8 heteroatoms. The van der Waals surface area contributed by atoms with E-state index in [1.54, 1.807) is 19.2 Å². The molecular weight excluding hydrogens is 437 g/mol. The van der Waals surface area contributed by atoms with Gasteiger partial charge in [0.05, 0.1) is 17.2 Å². The summed E-state index contributed by atoms with van der Waals surface area (Å²) in [5.41, 5.74) is 3.79. The van der Waals surface area contributed by atoms with Crippen molar-refractivity contribution in [3.8, 4) is 5.69 Å². The lowest BCUT2D eigenvalue weighted by Crippen LogP contribution is -2.49. The molecule has 0 radical (unpaired) electrons. The number of hydrogen-bond donors (Lipinski definition) is 3. The van der Waals surface area contributed by atoms with Crippen LogP contribution in [0, 0.1) is 12.7 Å². The number of aliphatic hydroxyl groups is 1. The van der Waals surface area contributed by atoms with Crippen LogP contribution < -0.4 is 0 Å². The van der Waals surface area contributed by atoms with Crippen LogP contribution in [-0.4, -0.2) is 49.8 Å². The van der Waals surface area contributed by atoms with Crippen LogP contribution in [0.15, 0.2) is 36.5 Å². The Morgan fingerprint density at radius 1 is 1.21 bits per heavy atom. The second kappa shape index (κ2) is 7.65. The third kappa shape index (κ3) is 3.16. The fourth-order valence-corrected chi connectivity index (χ4v) is 5.75. The molecule has 1 aliphatic carbocycles. The van der Waals surface area contributed by atoms with E-state index in [2.05, 4.69) is 26.9 Å². The van der Waals surface area contributed by atoms with E-state index in [1.807, 2.05) is 6.07 Å². The first-order valence-corrected chi connectivity index (χ1v) is 11.7. The lowest BCUT2D eigenvalue weighted by Gasteiger charge is -2.41. The van der Waals surface area contributed by atoms with Crippen molar-refractivity contribution in [3.63, 3.8) is 0 Å². The number of hydrogen-bond acceptors (Lipinski definition) is 4. The highest BCUT2D eigenvalue weighted by Gasteiger charge is 2.51. The number of carboxylic acids is 1. The van der Waals surface area contributed by atoms with Gasteiger partial charge >= 0.3 is 5.97 Å². The average Bonchev–Trinajstić information content (AvgIpc) is 3.39. The number of carboxylic acid groups (broad SMARTS) is 1. The Hall–Kier alpha value is -3.23. The second-order valence-electron chi connectivity index (χ2n) is 9.72. The molecular formula is C26H26FN3O4. The fraction of sp³-hybridized carbons (Fsp3) is 0.385. The molecule has 34 heavy (non-hydrogen) atoms. The maximum atomic E-state index is 14.2. The summed E-state index contributed by atoms with van der Waals surface area (Å²) in [5, 5.41) is 29.3. The van der Waals surface area contributed by atoms with Gasteiger partial charge in [-0.1, -0.05) is 0 Å². The smallest absolute Gasteiger partial charge is 0.335 e. The summed E-state index contributed by atoms with van der Waals surface area (Å²) in [6.07, 6.45) is 3.81. The highest BCUT2D eigenvalue weighted by atomic mass is 19.1. The molecule has 2 aromatic carbocycles. The molecule has 0 amide bonds. The highest BCUT2D eigenvalue weighted by molar-refractivity contribution is 5.99. The molecule has 1 aliphatic heterocycles. The SMILES string of the molecule is Cc1cc(-n2c(C3CCOCC3)c(C3CC(O)(C(=O)O)C3)c3cc4[nH]ncc4cc32)ccc1F. The number of rotatable bonds is 4. The molecule has 3 heterocycles. The average molecular weight is 464 g/mol. The third-order valence-electron chi connectivity index (χ3n) is 7.59. The molecule has 1 saturated heterocycles. The lowest BCUT2D eigenvalue weighted by atomic mass is 9.66. The van der Waals surface area contributed by atoms with Gasteiger partial charge in [-0.3, -0.25) is 5.10 Å². The predicted octanol–water partition coefficient (Wildman–Crippen LogP) is 4.54. The number of carbonyl (C=O) groups is 1. The molecule has 4 aromatic rings. The van der Waals surface area contributed by atoms with E-state index in [-0.39, 0.29) is 30.5 Å². The molecule has 3 N–H and O–H groups in total. The predicted molar refractivity (Wildman–Crippen MR) is 125 cm³/mol. The summed E-state index contributed by atoms with van der Waals surface area (Å²) >= 11 is 0. The summed E-state index contributed by atoms with van der Waals surface area (Å²) in [5.74, 6) is -1.32. The largest absolute Gasteiger partial charge is 0.479 e. The Bertz CT molecular complexity index is 1430. The van der Waals surface area contributed by atoms with Gasteiger partial charge < -0.3 is 19.5 Å². The summed E-state index contributed by atoms with van der Waals surface area (Å²) in [6.45, 7) is 3.07. The van der Waals surface area contributed by atoms with Crippen molar-refractivity contribution in [2.24, 2.45) is 0 Å². The molecule has 1 saturated carbocycles. The first-order valence-electron chi connectivity index (χ1n) is 11.7. The van der Waals surface area contributed by atoms with Crippen LogP contribution >= 0.6 is 0 Å². The van der Waals surface area contributed by atoms with E-state index < -0.39 is 11.6 Å². The van der Waals surface area contributed by atoms with Gasteiger partial charge in [0.2, 0.25) is 0 Å². The Balaban J connectivity index is 1.65. The summed E-state index contributed by atoms with van der Waals surface area (Å²) in [7, 11) is 0. The van der Waals surface area contributed by atoms with Gasteiger partial charge in [0, 0.05) is 41.3 Å². The number of nitrogens with zero attached hydrogens (tertiary/aromatic N) is 2. The van der Waals surface area contributed by atoms with Crippen LogP contribution in [0.5, 0.6) is 0 Å². The number of fused-ring (bicyclic) bond motifs is 2. The fourth-order valence-electron chi connectivity index (χ4n) is 5.75. The zero-order chi connectivity index (χ0) is 23.6. The number of aryl methyl sites for hydroxylation is 1. The van der Waals surface area contributed by atoms with Gasteiger partial charge in [-0.2, -0.15) is 5.10 Å². The topological polar surface area (TPSA) is 100 Å². The molecule has 0 atom stereocenters. The van der Waals surface area contributed by atoms with Crippen LogP contribution in [0.4, 0.5) is 4.39 Å². The standard InChI is InChI=1S/C26H26FN3O4/c1-14-8-18(2-3-20(14)27)30-22-9-16-13-28-29-21(16)10-19(22)23(17-11-26(33,12-17)25(31)32)24(30)15-4-6-34-7-5-15/h2-3,8-10,13,15,17,33H,4-7,11-12H2,1H3,(H,28,29)(H,31,32). The second-order valence-corrected chi connectivity index (χ2v) is 9.72. The molecule has 2 aromatic heterocycles. The van der Waals surface area contributed by atoms with Crippen LogP contribution in [-0.2, 0) is 9.53 Å². The van der Waals surface area contributed by atoms with Crippen LogP contribution in [0.25, 0.3) is 27.5 Å². The highest BCUT2D eigenvalue weighted by Crippen LogP contribution is 2.52. The van der Waals surface area contributed by atoms with Crippen molar-refractivity contribution in [2.75, 3.05) is 13.2 Å². The van der Waals surface area contributed by atoms with Crippen LogP contribution in [0.2, 0.25) is 0 Å². The quantitative estimate of drug-likeness (QED) is 0.413. The van der Waals surface area contributed by atoms with Crippen LogP contribution in [0.1, 0.15) is 54.3 Å². The third-order valence-corrected chi connectivity index (χ3v) is 7.59. The van der Waals surface area contributed by atoms with E-state index in [0.29, 0.717) is 18.8 Å². The molecule has 0 unspecified atom stereocenters. The van der Waals surface area contributed by atoms with Gasteiger partial charge in [-0.15, -0.1) is 0 Å². The summed E-state index contributed by atoms with van der Waals surface area (Å²) < 4.78 is 22.0. The van der Waals surface area contributed by atoms with Gasteiger partial charge in [-0.25, -0.2) is 9.18 Å². The van der Waals surface area contributed by atoms with E-state index >= 15 is 0 Å². The zero-order valence-electron chi connectivity index (χ0n) is 18.8. The molecule has 7 nitrogen and oxygen atoms in total. The van der Waals surface area contributed by atoms with Crippen molar-refractivity contribution in [1.29, 1.82) is 0 Å². The van der Waals surface area contributed by atoms with E-state index in [1.165, 1.54) is 6.07 Å².